The predicted octanol–water partition coefficient (Wildman–Crippen LogP) is 4.22. The fourth-order valence-corrected chi connectivity index (χ4v) is 2.81. The van der Waals surface area contributed by atoms with E-state index in [2.05, 4.69) is 16.0 Å². The minimum Gasteiger partial charge on any atom is -0.326 e. The van der Waals surface area contributed by atoms with Crippen molar-refractivity contribution in [3.8, 4) is 0 Å². The maximum absolute atomic E-state index is 12.2. The maximum atomic E-state index is 12.2. The molecule has 2 aromatic carbocycles. The zero-order chi connectivity index (χ0) is 17.1. The number of fused-ring (bicyclic) bond motifs is 1. The van der Waals surface area contributed by atoms with Gasteiger partial charge >= 0.3 is 6.03 Å². The predicted molar refractivity (Wildman–Crippen MR) is 96.6 cm³/mol. The van der Waals surface area contributed by atoms with Crippen molar-refractivity contribution in [2.24, 2.45) is 0 Å². The summed E-state index contributed by atoms with van der Waals surface area (Å²) in [7, 11) is 0. The van der Waals surface area contributed by atoms with Crippen molar-refractivity contribution in [1.82, 2.24) is 0 Å². The van der Waals surface area contributed by atoms with Gasteiger partial charge < -0.3 is 16.0 Å². The molecule has 2 aromatic rings. The molecule has 3 N–H and O–H groups in total. The molecule has 1 aliphatic heterocycles. The van der Waals surface area contributed by atoms with Gasteiger partial charge in [-0.3, -0.25) is 4.79 Å². The second-order valence-corrected chi connectivity index (χ2v) is 6.17. The molecule has 0 saturated carbocycles. The SMILES string of the molecule is Cc1ccc(C)c(NC(=O)Nc2ccc3c(c2)CCCC(=O)N3)c1. The lowest BCUT2D eigenvalue weighted by Crippen LogP contribution is -2.20. The van der Waals surface area contributed by atoms with Gasteiger partial charge in [-0.1, -0.05) is 12.1 Å². The molecule has 5 heteroatoms. The van der Waals surface area contributed by atoms with Crippen molar-refractivity contribution >= 4 is 29.0 Å². The van der Waals surface area contributed by atoms with Gasteiger partial charge in [0.15, 0.2) is 0 Å². The maximum Gasteiger partial charge on any atom is 0.323 e. The summed E-state index contributed by atoms with van der Waals surface area (Å²) in [4.78, 5) is 23.8. The number of aryl methyl sites for hydroxylation is 3. The summed E-state index contributed by atoms with van der Waals surface area (Å²) in [5.41, 5.74) is 5.50. The molecule has 0 aromatic heterocycles. The van der Waals surface area contributed by atoms with Crippen LogP contribution in [0, 0.1) is 13.8 Å². The molecule has 1 aliphatic rings. The lowest BCUT2D eigenvalue weighted by molar-refractivity contribution is -0.116. The fraction of sp³-hybridized carbons (Fsp3) is 0.263. The van der Waals surface area contributed by atoms with E-state index < -0.39 is 0 Å². The van der Waals surface area contributed by atoms with Gasteiger partial charge in [0.2, 0.25) is 5.91 Å². The Morgan fingerprint density at radius 1 is 1.04 bits per heavy atom. The van der Waals surface area contributed by atoms with Crippen LogP contribution in [0.25, 0.3) is 0 Å². The van der Waals surface area contributed by atoms with Crippen LogP contribution in [0.5, 0.6) is 0 Å². The number of hydrogen-bond donors (Lipinski definition) is 3. The summed E-state index contributed by atoms with van der Waals surface area (Å²) in [6.45, 7) is 3.95. The van der Waals surface area contributed by atoms with Crippen LogP contribution in [0.3, 0.4) is 0 Å². The molecule has 0 unspecified atom stereocenters. The molecule has 0 radical (unpaired) electrons. The topological polar surface area (TPSA) is 70.2 Å². The normalized spacial score (nSPS) is 13.5. The highest BCUT2D eigenvalue weighted by Gasteiger charge is 2.14. The third kappa shape index (κ3) is 3.74. The Balaban J connectivity index is 1.72. The highest BCUT2D eigenvalue weighted by atomic mass is 16.2. The summed E-state index contributed by atoms with van der Waals surface area (Å²) < 4.78 is 0. The molecule has 0 aliphatic carbocycles. The van der Waals surface area contributed by atoms with Crippen molar-refractivity contribution in [3.05, 3.63) is 53.1 Å². The number of carbonyl (C=O) groups is 2. The van der Waals surface area contributed by atoms with Gasteiger partial charge in [-0.2, -0.15) is 0 Å². The minimum absolute atomic E-state index is 0.0436. The van der Waals surface area contributed by atoms with E-state index in [0.717, 1.165) is 40.9 Å². The highest BCUT2D eigenvalue weighted by Crippen LogP contribution is 2.25. The van der Waals surface area contributed by atoms with E-state index in [-0.39, 0.29) is 11.9 Å². The summed E-state index contributed by atoms with van der Waals surface area (Å²) >= 11 is 0. The van der Waals surface area contributed by atoms with Crippen LogP contribution in [0.1, 0.15) is 29.5 Å². The standard InChI is InChI=1S/C19H21N3O2/c1-12-6-7-13(2)17(10-12)22-19(24)20-15-8-9-16-14(11-15)4-3-5-18(23)21-16/h6-11H,3-5H2,1-2H3,(H,21,23)(H2,20,22,24). The molecule has 0 atom stereocenters. The highest BCUT2D eigenvalue weighted by molar-refractivity contribution is 6.00. The van der Waals surface area contributed by atoms with Crippen LogP contribution in [0.2, 0.25) is 0 Å². The summed E-state index contributed by atoms with van der Waals surface area (Å²) in [5, 5.41) is 8.62. The molecule has 5 nitrogen and oxygen atoms in total. The Morgan fingerprint density at radius 3 is 2.71 bits per heavy atom. The molecule has 24 heavy (non-hydrogen) atoms. The quantitative estimate of drug-likeness (QED) is 0.774. The average molecular weight is 323 g/mol. The number of hydrogen-bond acceptors (Lipinski definition) is 2. The van der Waals surface area contributed by atoms with Crippen LogP contribution in [-0.4, -0.2) is 11.9 Å². The van der Waals surface area contributed by atoms with Gasteiger partial charge in [0.1, 0.15) is 0 Å². The van der Waals surface area contributed by atoms with Crippen LogP contribution in [0.4, 0.5) is 21.9 Å². The Kier molecular flexibility index (Phi) is 4.51. The van der Waals surface area contributed by atoms with Gasteiger partial charge in [0.05, 0.1) is 0 Å². The van der Waals surface area contributed by atoms with Gasteiger partial charge in [0, 0.05) is 23.5 Å². The average Bonchev–Trinajstić information content (AvgIpc) is 2.71. The number of rotatable bonds is 2. The summed E-state index contributed by atoms with van der Waals surface area (Å²) in [6.07, 6.45) is 2.17. The van der Waals surface area contributed by atoms with Crippen LogP contribution in [-0.2, 0) is 11.2 Å². The van der Waals surface area contributed by atoms with Gasteiger partial charge in [-0.15, -0.1) is 0 Å². The lowest BCUT2D eigenvalue weighted by Gasteiger charge is -2.13. The molecule has 3 amide bonds. The van der Waals surface area contributed by atoms with Crippen molar-refractivity contribution in [2.45, 2.75) is 33.1 Å². The fourth-order valence-electron chi connectivity index (χ4n) is 2.81. The van der Waals surface area contributed by atoms with E-state index in [1.807, 2.05) is 44.2 Å². The molecule has 1 heterocycles. The van der Waals surface area contributed by atoms with E-state index in [1.165, 1.54) is 0 Å². The molecule has 124 valence electrons. The summed E-state index contributed by atoms with van der Waals surface area (Å²) in [6, 6.07) is 11.2. The third-order valence-corrected chi connectivity index (χ3v) is 4.13. The summed E-state index contributed by atoms with van der Waals surface area (Å²) in [5.74, 6) is 0.0436. The van der Waals surface area contributed by atoms with E-state index in [9.17, 15) is 9.59 Å². The zero-order valence-corrected chi connectivity index (χ0v) is 13.9. The minimum atomic E-state index is -0.277. The Hall–Kier alpha value is -2.82. The number of urea groups is 1. The Labute approximate surface area is 141 Å². The van der Waals surface area contributed by atoms with Crippen LogP contribution < -0.4 is 16.0 Å². The molecule has 0 bridgehead atoms. The molecular formula is C19H21N3O2. The third-order valence-electron chi connectivity index (χ3n) is 4.13. The van der Waals surface area contributed by atoms with Crippen molar-refractivity contribution in [3.63, 3.8) is 0 Å². The second kappa shape index (κ2) is 6.74. The molecule has 0 fully saturated rings. The van der Waals surface area contributed by atoms with Crippen LogP contribution >= 0.6 is 0 Å². The smallest absolute Gasteiger partial charge is 0.323 e. The number of carbonyl (C=O) groups excluding carboxylic acids is 2. The van der Waals surface area contributed by atoms with E-state index in [1.54, 1.807) is 6.07 Å². The van der Waals surface area contributed by atoms with Crippen LogP contribution in [0.15, 0.2) is 36.4 Å². The lowest BCUT2D eigenvalue weighted by atomic mass is 10.1. The first-order valence-electron chi connectivity index (χ1n) is 8.09. The largest absolute Gasteiger partial charge is 0.326 e. The monoisotopic (exact) mass is 323 g/mol. The molecule has 0 spiro atoms. The van der Waals surface area contributed by atoms with Crippen molar-refractivity contribution in [1.29, 1.82) is 0 Å². The van der Waals surface area contributed by atoms with E-state index in [0.29, 0.717) is 12.1 Å². The first-order valence-corrected chi connectivity index (χ1v) is 8.09. The number of nitrogens with one attached hydrogen (secondary N) is 3. The second-order valence-electron chi connectivity index (χ2n) is 6.17. The zero-order valence-electron chi connectivity index (χ0n) is 13.9. The van der Waals surface area contributed by atoms with Crippen molar-refractivity contribution < 1.29 is 9.59 Å². The number of anilines is 3. The Morgan fingerprint density at radius 2 is 1.88 bits per heavy atom. The van der Waals surface area contributed by atoms with E-state index >= 15 is 0 Å². The molecular weight excluding hydrogens is 302 g/mol. The molecule has 3 rings (SSSR count). The number of amides is 3. The van der Waals surface area contributed by atoms with E-state index in [4.69, 9.17) is 0 Å². The molecule has 0 saturated heterocycles. The Bertz CT molecular complexity index is 799. The number of benzene rings is 2. The first-order chi connectivity index (χ1) is 11.5. The first kappa shape index (κ1) is 16.1. The van der Waals surface area contributed by atoms with Gasteiger partial charge in [0.25, 0.3) is 0 Å². The van der Waals surface area contributed by atoms with Gasteiger partial charge in [-0.05, 0) is 67.6 Å². The van der Waals surface area contributed by atoms with Gasteiger partial charge in [-0.25, -0.2) is 4.79 Å². The van der Waals surface area contributed by atoms with Crippen molar-refractivity contribution in [2.75, 3.05) is 16.0 Å².